The molecule has 1 unspecified atom stereocenters. The van der Waals surface area contributed by atoms with Crippen LogP contribution in [0.4, 0.5) is 0 Å². The van der Waals surface area contributed by atoms with E-state index in [0.29, 0.717) is 10.6 Å². The number of aliphatic hydroxyl groups excluding tert-OH is 1. The van der Waals surface area contributed by atoms with E-state index in [1.807, 2.05) is 6.07 Å². The van der Waals surface area contributed by atoms with Gasteiger partial charge in [-0.2, -0.15) is 5.26 Å². The molecular formula is C18H20Cl2N2O4. The molecule has 6 nitrogen and oxygen atoms in total. The Bertz CT molecular complexity index is 737. The molecule has 1 aromatic carbocycles. The normalized spacial score (nSPS) is 16.2. The number of esters is 1. The van der Waals surface area contributed by atoms with Crippen LogP contribution in [-0.4, -0.2) is 30.2 Å². The van der Waals surface area contributed by atoms with E-state index >= 15 is 0 Å². The number of benzene rings is 1. The molecule has 1 aliphatic heterocycles. The molecule has 2 rings (SSSR count). The Balaban J connectivity index is 0.00000105. The van der Waals surface area contributed by atoms with Crippen molar-refractivity contribution in [2.75, 3.05) is 19.1 Å². The molecule has 1 heterocycles. The first-order chi connectivity index (χ1) is 12.4. The topological polar surface area (TPSA) is 106 Å². The van der Waals surface area contributed by atoms with Crippen LogP contribution >= 0.6 is 23.2 Å². The van der Waals surface area contributed by atoms with Crippen molar-refractivity contribution < 1.29 is 19.4 Å². The number of halogens is 2. The first-order valence-electron chi connectivity index (χ1n) is 7.85. The van der Waals surface area contributed by atoms with Crippen molar-refractivity contribution in [1.29, 1.82) is 5.26 Å². The van der Waals surface area contributed by atoms with Gasteiger partial charge in [0, 0.05) is 11.6 Å². The molecule has 1 atom stereocenters. The summed E-state index contributed by atoms with van der Waals surface area (Å²) < 4.78 is 10.4. The van der Waals surface area contributed by atoms with Gasteiger partial charge < -0.3 is 20.3 Å². The van der Waals surface area contributed by atoms with Crippen LogP contribution in [0.5, 0.6) is 0 Å². The second-order valence-electron chi connectivity index (χ2n) is 4.98. The monoisotopic (exact) mass is 398 g/mol. The standard InChI is InChI=1S/C16H14Cl2N2O3.C2H6O/c1-2-22-16(21)14-12(7-17)23-15(20)11(8-19)13(14)9-3-5-10(18)6-4-9;1-2-3/h3-6,13H,2,7,20H2,1H3;3H,2H2,1H3. The fourth-order valence-corrected chi connectivity index (χ4v) is 2.66. The molecule has 3 N–H and O–H groups in total. The number of rotatable bonds is 4. The quantitative estimate of drug-likeness (QED) is 0.595. The lowest BCUT2D eigenvalue weighted by molar-refractivity contribution is -0.139. The first kappa shape index (κ1) is 21.8. The van der Waals surface area contributed by atoms with Crippen LogP contribution in [0.25, 0.3) is 0 Å². The van der Waals surface area contributed by atoms with E-state index in [9.17, 15) is 10.1 Å². The van der Waals surface area contributed by atoms with E-state index in [1.54, 1.807) is 38.1 Å². The van der Waals surface area contributed by atoms with Gasteiger partial charge in [0.05, 0.1) is 24.0 Å². The SMILES string of the molecule is CCO.CCOC(=O)C1=C(CCl)OC(N)=C(C#N)C1c1ccc(Cl)cc1. The number of nitrogens with two attached hydrogens (primary N) is 1. The third-order valence-corrected chi connectivity index (χ3v) is 3.81. The van der Waals surface area contributed by atoms with E-state index in [-0.39, 0.29) is 41.9 Å². The highest BCUT2D eigenvalue weighted by molar-refractivity contribution is 6.30. The van der Waals surface area contributed by atoms with Crippen molar-refractivity contribution in [3.05, 3.63) is 57.6 Å². The van der Waals surface area contributed by atoms with Gasteiger partial charge in [0.2, 0.25) is 5.88 Å². The lowest BCUT2D eigenvalue weighted by atomic mass is 9.83. The molecule has 0 radical (unpaired) electrons. The Labute approximate surface area is 162 Å². The second-order valence-corrected chi connectivity index (χ2v) is 5.69. The van der Waals surface area contributed by atoms with E-state index in [2.05, 4.69) is 0 Å². The molecule has 26 heavy (non-hydrogen) atoms. The minimum atomic E-state index is -0.709. The predicted octanol–water partition coefficient (Wildman–Crippen LogP) is 3.20. The molecule has 1 aliphatic rings. The smallest absolute Gasteiger partial charge is 0.338 e. The van der Waals surface area contributed by atoms with Gasteiger partial charge in [-0.3, -0.25) is 0 Å². The zero-order valence-corrected chi connectivity index (χ0v) is 16.0. The third kappa shape index (κ3) is 5.15. The predicted molar refractivity (Wildman–Crippen MR) is 99.2 cm³/mol. The Kier molecular flexibility index (Phi) is 9.00. The van der Waals surface area contributed by atoms with Crippen molar-refractivity contribution in [2.45, 2.75) is 19.8 Å². The number of carbonyl (C=O) groups is 1. The molecule has 0 spiro atoms. The van der Waals surface area contributed by atoms with Crippen molar-refractivity contribution in [2.24, 2.45) is 5.73 Å². The van der Waals surface area contributed by atoms with Crippen LogP contribution in [0, 0.1) is 11.3 Å². The number of alkyl halides is 1. The number of carbonyl (C=O) groups excluding carboxylic acids is 1. The number of ether oxygens (including phenoxy) is 2. The summed E-state index contributed by atoms with van der Waals surface area (Å²) in [6, 6.07) is 8.77. The summed E-state index contributed by atoms with van der Waals surface area (Å²) in [6.07, 6.45) is 0. The van der Waals surface area contributed by atoms with Crippen LogP contribution in [0.2, 0.25) is 5.02 Å². The van der Waals surface area contributed by atoms with Gasteiger partial charge in [-0.25, -0.2) is 4.79 Å². The molecule has 0 saturated carbocycles. The Morgan fingerprint density at radius 1 is 1.38 bits per heavy atom. The van der Waals surface area contributed by atoms with Gasteiger partial charge in [-0.05, 0) is 31.5 Å². The molecule has 1 aromatic rings. The van der Waals surface area contributed by atoms with E-state index < -0.39 is 11.9 Å². The Hall–Kier alpha value is -2.20. The van der Waals surface area contributed by atoms with Crippen molar-refractivity contribution in [3.8, 4) is 6.07 Å². The average molecular weight is 399 g/mol. The summed E-state index contributed by atoms with van der Waals surface area (Å²) >= 11 is 11.8. The summed E-state index contributed by atoms with van der Waals surface area (Å²) in [7, 11) is 0. The zero-order valence-electron chi connectivity index (χ0n) is 14.5. The second kappa shape index (κ2) is 10.7. The number of aliphatic hydroxyl groups is 1. The molecule has 0 aliphatic carbocycles. The zero-order chi connectivity index (χ0) is 19.7. The lowest BCUT2D eigenvalue weighted by Crippen LogP contribution is -2.26. The summed E-state index contributed by atoms with van der Waals surface area (Å²) in [5.41, 5.74) is 6.79. The Morgan fingerprint density at radius 3 is 2.42 bits per heavy atom. The van der Waals surface area contributed by atoms with Crippen molar-refractivity contribution in [3.63, 3.8) is 0 Å². The van der Waals surface area contributed by atoms with E-state index in [1.165, 1.54) is 0 Å². The largest absolute Gasteiger partial charge is 0.463 e. The van der Waals surface area contributed by atoms with Crippen LogP contribution < -0.4 is 5.73 Å². The van der Waals surface area contributed by atoms with Gasteiger partial charge in [0.25, 0.3) is 0 Å². The van der Waals surface area contributed by atoms with Gasteiger partial charge in [-0.15, -0.1) is 11.6 Å². The molecule has 0 saturated heterocycles. The minimum absolute atomic E-state index is 0.0718. The maximum absolute atomic E-state index is 12.4. The lowest BCUT2D eigenvalue weighted by Gasteiger charge is -2.27. The number of nitriles is 1. The molecule has 0 amide bonds. The average Bonchev–Trinajstić information content (AvgIpc) is 2.62. The number of hydrogen-bond acceptors (Lipinski definition) is 6. The molecule has 0 aromatic heterocycles. The fraction of sp³-hybridized carbons (Fsp3) is 0.333. The number of allylic oxidation sites excluding steroid dienone is 2. The summed E-state index contributed by atoms with van der Waals surface area (Å²) in [5.74, 6) is -1.27. The molecule has 0 bridgehead atoms. The molecule has 8 heteroatoms. The number of nitrogens with zero attached hydrogens (tertiary/aromatic N) is 1. The van der Waals surface area contributed by atoms with Crippen molar-refractivity contribution in [1.82, 2.24) is 0 Å². The summed E-state index contributed by atoms with van der Waals surface area (Å²) in [6.45, 7) is 3.81. The van der Waals surface area contributed by atoms with Gasteiger partial charge >= 0.3 is 5.97 Å². The molecule has 0 fully saturated rings. The van der Waals surface area contributed by atoms with Gasteiger partial charge in [-0.1, -0.05) is 23.7 Å². The fourth-order valence-electron chi connectivity index (χ4n) is 2.34. The maximum Gasteiger partial charge on any atom is 0.338 e. The van der Waals surface area contributed by atoms with Crippen molar-refractivity contribution >= 4 is 29.2 Å². The van der Waals surface area contributed by atoms with Crippen LogP contribution in [0.3, 0.4) is 0 Å². The molecule has 140 valence electrons. The number of hydrogen-bond donors (Lipinski definition) is 2. The summed E-state index contributed by atoms with van der Waals surface area (Å²) in [5, 5.41) is 17.5. The minimum Gasteiger partial charge on any atom is -0.463 e. The highest BCUT2D eigenvalue weighted by atomic mass is 35.5. The Morgan fingerprint density at radius 2 is 1.96 bits per heavy atom. The van der Waals surface area contributed by atoms with E-state index in [4.69, 9.17) is 43.5 Å². The van der Waals surface area contributed by atoms with Crippen LogP contribution in [-0.2, 0) is 14.3 Å². The summed E-state index contributed by atoms with van der Waals surface area (Å²) in [4.78, 5) is 12.4. The van der Waals surface area contributed by atoms with Gasteiger partial charge in [0.1, 0.15) is 17.4 Å². The van der Waals surface area contributed by atoms with Crippen LogP contribution in [0.1, 0.15) is 25.3 Å². The van der Waals surface area contributed by atoms with Gasteiger partial charge in [0.15, 0.2) is 0 Å². The molecular weight excluding hydrogens is 379 g/mol. The van der Waals surface area contributed by atoms with Crippen LogP contribution in [0.15, 0.2) is 47.1 Å². The highest BCUT2D eigenvalue weighted by Gasteiger charge is 2.37. The first-order valence-corrected chi connectivity index (χ1v) is 8.76. The third-order valence-electron chi connectivity index (χ3n) is 3.32. The maximum atomic E-state index is 12.4. The van der Waals surface area contributed by atoms with E-state index in [0.717, 1.165) is 0 Å². The highest BCUT2D eigenvalue weighted by Crippen LogP contribution is 2.40.